The molecule has 2 N–H and O–H groups in total. The van der Waals surface area contributed by atoms with Crippen LogP contribution in [0.15, 0.2) is 27.6 Å². The molecule has 6 heteroatoms. The Bertz CT molecular complexity index is 431. The third kappa shape index (κ3) is 3.05. The maximum atomic E-state index is 11.2. The molecule has 1 aromatic carbocycles. The van der Waals surface area contributed by atoms with Crippen molar-refractivity contribution in [2.45, 2.75) is 11.3 Å². The lowest BCUT2D eigenvalue weighted by atomic mass is 10.2. The first-order valence-electron chi connectivity index (χ1n) is 3.82. The van der Waals surface area contributed by atoms with Crippen molar-refractivity contribution in [2.75, 3.05) is 5.33 Å². The highest BCUT2D eigenvalue weighted by molar-refractivity contribution is 9.10. The monoisotopic (exact) mass is 341 g/mol. The predicted octanol–water partition coefficient (Wildman–Crippen LogP) is 2.03. The van der Waals surface area contributed by atoms with Crippen molar-refractivity contribution in [3.8, 4) is 0 Å². The van der Waals surface area contributed by atoms with Gasteiger partial charge in [0.25, 0.3) is 0 Å². The average Bonchev–Trinajstić information content (AvgIpc) is 2.02. The highest BCUT2D eigenvalue weighted by Crippen LogP contribution is 2.20. The lowest BCUT2D eigenvalue weighted by molar-refractivity contribution is 0.596. The van der Waals surface area contributed by atoms with E-state index in [1.54, 1.807) is 12.1 Å². The average molecular weight is 343 g/mol. The van der Waals surface area contributed by atoms with Crippen LogP contribution in [0.25, 0.3) is 0 Å². The molecule has 0 atom stereocenters. The second kappa shape index (κ2) is 4.74. The summed E-state index contributed by atoms with van der Waals surface area (Å²) in [6.07, 6.45) is 0.630. The van der Waals surface area contributed by atoms with Gasteiger partial charge in [0.1, 0.15) is 0 Å². The Kier molecular flexibility index (Phi) is 4.12. The summed E-state index contributed by atoms with van der Waals surface area (Å²) in [4.78, 5) is 0.195. The van der Waals surface area contributed by atoms with Crippen LogP contribution in [0, 0.1) is 0 Å². The molecule has 14 heavy (non-hydrogen) atoms. The number of alkyl halides is 1. The van der Waals surface area contributed by atoms with Crippen LogP contribution in [0.3, 0.4) is 0 Å². The Labute approximate surface area is 100.0 Å². The van der Waals surface area contributed by atoms with Crippen LogP contribution in [-0.4, -0.2) is 13.7 Å². The van der Waals surface area contributed by atoms with Crippen LogP contribution in [0.4, 0.5) is 0 Å². The van der Waals surface area contributed by atoms with E-state index in [0.29, 0.717) is 11.8 Å². The Hall–Kier alpha value is 0.0900. The first-order valence-corrected chi connectivity index (χ1v) is 7.28. The standard InChI is InChI=1S/C8H9Br2NO2S/c9-4-3-6-5-7(10)1-2-8(6)14(11,12)13/h1-2,5H,3-4H2,(H2,11,12,13). The summed E-state index contributed by atoms with van der Waals surface area (Å²) in [6, 6.07) is 4.94. The van der Waals surface area contributed by atoms with Crippen molar-refractivity contribution in [3.05, 3.63) is 28.2 Å². The number of sulfonamides is 1. The number of nitrogens with two attached hydrogens (primary N) is 1. The third-order valence-corrected chi connectivity index (χ3v) is 3.59. The van der Waals surface area contributed by atoms with E-state index in [1.165, 1.54) is 6.07 Å². The Morgan fingerprint density at radius 1 is 1.36 bits per heavy atom. The molecule has 1 rings (SSSR count). The van der Waals surface area contributed by atoms with Crippen LogP contribution in [0.5, 0.6) is 0 Å². The molecular weight excluding hydrogens is 334 g/mol. The van der Waals surface area contributed by atoms with Crippen LogP contribution in [0.2, 0.25) is 0 Å². The molecule has 0 fully saturated rings. The normalized spacial score (nSPS) is 11.6. The highest BCUT2D eigenvalue weighted by atomic mass is 79.9. The van der Waals surface area contributed by atoms with E-state index in [4.69, 9.17) is 5.14 Å². The zero-order valence-corrected chi connectivity index (χ0v) is 11.2. The van der Waals surface area contributed by atoms with Crippen molar-refractivity contribution in [1.29, 1.82) is 0 Å². The number of hydrogen-bond donors (Lipinski definition) is 1. The van der Waals surface area contributed by atoms with Crippen LogP contribution >= 0.6 is 31.9 Å². The minimum absolute atomic E-state index is 0.195. The molecule has 0 amide bonds. The predicted molar refractivity (Wildman–Crippen MR) is 63.0 cm³/mol. The number of primary sulfonamides is 1. The van der Waals surface area contributed by atoms with Gasteiger partial charge in [-0.25, -0.2) is 13.6 Å². The summed E-state index contributed by atoms with van der Waals surface area (Å²) in [7, 11) is -3.61. The van der Waals surface area contributed by atoms with E-state index in [0.717, 1.165) is 10.0 Å². The van der Waals surface area contributed by atoms with Gasteiger partial charge in [0.2, 0.25) is 10.0 Å². The molecule has 0 saturated heterocycles. The first kappa shape index (κ1) is 12.2. The topological polar surface area (TPSA) is 60.2 Å². The van der Waals surface area contributed by atoms with Gasteiger partial charge >= 0.3 is 0 Å². The maximum absolute atomic E-state index is 11.2. The number of halogens is 2. The molecule has 0 aliphatic rings. The van der Waals surface area contributed by atoms with Crippen molar-refractivity contribution in [1.82, 2.24) is 0 Å². The van der Waals surface area contributed by atoms with Gasteiger partial charge in [-0.3, -0.25) is 0 Å². The van der Waals surface area contributed by atoms with Gasteiger partial charge in [-0.15, -0.1) is 0 Å². The molecule has 0 bridgehead atoms. The zero-order chi connectivity index (χ0) is 10.8. The summed E-state index contributed by atoms with van der Waals surface area (Å²) >= 11 is 6.54. The van der Waals surface area contributed by atoms with E-state index >= 15 is 0 Å². The minimum atomic E-state index is -3.61. The molecule has 0 heterocycles. The molecule has 0 unspecified atom stereocenters. The SMILES string of the molecule is NS(=O)(=O)c1ccc(Br)cc1CCBr. The second-order valence-corrected chi connectivity index (χ2v) is 5.97. The summed E-state index contributed by atoms with van der Waals surface area (Å²) in [5.74, 6) is 0. The Morgan fingerprint density at radius 2 is 2.00 bits per heavy atom. The molecule has 0 radical (unpaired) electrons. The maximum Gasteiger partial charge on any atom is 0.238 e. The van der Waals surface area contributed by atoms with Gasteiger partial charge < -0.3 is 0 Å². The van der Waals surface area contributed by atoms with Gasteiger partial charge in [-0.2, -0.15) is 0 Å². The van der Waals surface area contributed by atoms with Crippen LogP contribution in [-0.2, 0) is 16.4 Å². The molecule has 3 nitrogen and oxygen atoms in total. The largest absolute Gasteiger partial charge is 0.238 e. The van der Waals surface area contributed by atoms with Gasteiger partial charge in [0.05, 0.1) is 4.90 Å². The van der Waals surface area contributed by atoms with Crippen molar-refractivity contribution in [2.24, 2.45) is 5.14 Å². The Morgan fingerprint density at radius 3 is 2.50 bits per heavy atom. The zero-order valence-electron chi connectivity index (χ0n) is 7.20. The van der Waals surface area contributed by atoms with E-state index in [9.17, 15) is 8.42 Å². The molecule has 78 valence electrons. The smallest absolute Gasteiger partial charge is 0.225 e. The van der Waals surface area contributed by atoms with Crippen molar-refractivity contribution in [3.63, 3.8) is 0 Å². The van der Waals surface area contributed by atoms with Gasteiger partial charge in [0.15, 0.2) is 0 Å². The lowest BCUT2D eigenvalue weighted by Gasteiger charge is -2.06. The van der Waals surface area contributed by atoms with E-state index in [1.807, 2.05) is 0 Å². The van der Waals surface area contributed by atoms with Gasteiger partial charge in [0, 0.05) is 9.80 Å². The first-order chi connectivity index (χ1) is 6.45. The number of aryl methyl sites for hydroxylation is 1. The molecular formula is C8H9Br2NO2S. The third-order valence-electron chi connectivity index (χ3n) is 1.69. The van der Waals surface area contributed by atoms with Gasteiger partial charge in [-0.1, -0.05) is 31.9 Å². The van der Waals surface area contributed by atoms with Crippen LogP contribution in [0.1, 0.15) is 5.56 Å². The molecule has 0 spiro atoms. The summed E-state index contributed by atoms with van der Waals surface area (Å²) in [5, 5.41) is 5.78. The van der Waals surface area contributed by atoms with Gasteiger partial charge in [-0.05, 0) is 30.2 Å². The minimum Gasteiger partial charge on any atom is -0.225 e. The molecule has 0 aliphatic carbocycles. The lowest BCUT2D eigenvalue weighted by Crippen LogP contribution is -2.14. The summed E-state index contributed by atoms with van der Waals surface area (Å²) in [5.41, 5.74) is 0.721. The van der Waals surface area contributed by atoms with E-state index < -0.39 is 10.0 Å². The van der Waals surface area contributed by atoms with E-state index in [-0.39, 0.29) is 4.90 Å². The number of hydrogen-bond acceptors (Lipinski definition) is 2. The Balaban J connectivity index is 3.29. The molecule has 1 aromatic rings. The van der Waals surface area contributed by atoms with E-state index in [2.05, 4.69) is 31.9 Å². The van der Waals surface area contributed by atoms with Crippen LogP contribution < -0.4 is 5.14 Å². The molecule has 0 aliphatic heterocycles. The summed E-state index contributed by atoms with van der Waals surface area (Å²) < 4.78 is 23.2. The second-order valence-electron chi connectivity index (χ2n) is 2.74. The highest BCUT2D eigenvalue weighted by Gasteiger charge is 2.13. The summed E-state index contributed by atoms with van der Waals surface area (Å²) in [6.45, 7) is 0. The number of rotatable bonds is 3. The fourth-order valence-electron chi connectivity index (χ4n) is 1.12. The van der Waals surface area contributed by atoms with Crippen molar-refractivity contribution >= 4 is 41.9 Å². The fourth-order valence-corrected chi connectivity index (χ4v) is 2.74. The quantitative estimate of drug-likeness (QED) is 0.854. The molecule has 0 saturated carbocycles. The number of benzene rings is 1. The molecule has 0 aromatic heterocycles. The fraction of sp³-hybridized carbons (Fsp3) is 0.250. The van der Waals surface area contributed by atoms with Crippen molar-refractivity contribution < 1.29 is 8.42 Å².